The normalized spacial score (nSPS) is 12.1. The van der Waals surface area contributed by atoms with Gasteiger partial charge in [0.15, 0.2) is 6.10 Å². The van der Waals surface area contributed by atoms with Gasteiger partial charge < -0.3 is 14.2 Å². The van der Waals surface area contributed by atoms with Crippen molar-refractivity contribution >= 4 is 17.9 Å². The molecule has 0 radical (unpaired) electrons. The fourth-order valence-electron chi connectivity index (χ4n) is 7.48. The van der Waals surface area contributed by atoms with Crippen molar-refractivity contribution in [1.29, 1.82) is 0 Å². The lowest BCUT2D eigenvalue weighted by atomic mass is 10.0. The molecule has 0 aromatic rings. The number of carbonyl (C=O) groups is 3. The van der Waals surface area contributed by atoms with Crippen LogP contribution in [-0.4, -0.2) is 37.2 Å². The first-order chi connectivity index (χ1) is 29.0. The number of hydrogen-bond acceptors (Lipinski definition) is 6. The van der Waals surface area contributed by atoms with Gasteiger partial charge in [0, 0.05) is 19.3 Å². The number of rotatable bonds is 47. The third-order valence-electron chi connectivity index (χ3n) is 11.4. The highest BCUT2D eigenvalue weighted by Gasteiger charge is 2.19. The Morgan fingerprint density at radius 2 is 0.576 bits per heavy atom. The molecule has 0 heterocycles. The molecule has 0 aromatic carbocycles. The average molecular weight is 831 g/mol. The Labute approximate surface area is 366 Å². The van der Waals surface area contributed by atoms with Gasteiger partial charge in [-0.05, 0) is 64.2 Å². The van der Waals surface area contributed by atoms with E-state index in [0.29, 0.717) is 19.3 Å². The van der Waals surface area contributed by atoms with Gasteiger partial charge in [-0.1, -0.05) is 218 Å². The zero-order valence-electron chi connectivity index (χ0n) is 39.5. The zero-order chi connectivity index (χ0) is 43.0. The minimum atomic E-state index is -0.770. The Balaban J connectivity index is 4.34. The summed E-state index contributed by atoms with van der Waals surface area (Å²) in [7, 11) is 0. The third kappa shape index (κ3) is 46.8. The molecule has 0 bridgehead atoms. The van der Waals surface area contributed by atoms with Gasteiger partial charge in [0.05, 0.1) is 0 Å². The highest BCUT2D eigenvalue weighted by atomic mass is 16.6. The molecule has 0 rings (SSSR count). The van der Waals surface area contributed by atoms with Crippen molar-refractivity contribution in [1.82, 2.24) is 0 Å². The fraction of sp³-hybridized carbons (Fsp3) is 0.868. The van der Waals surface area contributed by atoms with Crippen LogP contribution in [0.4, 0.5) is 0 Å². The smallest absolute Gasteiger partial charge is 0.306 e. The van der Waals surface area contributed by atoms with E-state index in [1.54, 1.807) is 0 Å². The van der Waals surface area contributed by atoms with Crippen molar-refractivity contribution < 1.29 is 28.6 Å². The first kappa shape index (κ1) is 56.9. The van der Waals surface area contributed by atoms with Crippen LogP contribution < -0.4 is 0 Å². The second-order valence-corrected chi connectivity index (χ2v) is 17.4. The highest BCUT2D eigenvalue weighted by molar-refractivity contribution is 5.71. The predicted molar refractivity (Wildman–Crippen MR) is 252 cm³/mol. The van der Waals surface area contributed by atoms with Gasteiger partial charge in [-0.15, -0.1) is 0 Å². The molecule has 0 amide bonds. The van der Waals surface area contributed by atoms with Crippen molar-refractivity contribution in [3.05, 3.63) is 24.3 Å². The van der Waals surface area contributed by atoms with Crippen LogP contribution in [0, 0.1) is 0 Å². The molecule has 59 heavy (non-hydrogen) atoms. The van der Waals surface area contributed by atoms with E-state index in [4.69, 9.17) is 14.2 Å². The molecular formula is C53H98O6. The van der Waals surface area contributed by atoms with Crippen molar-refractivity contribution in [2.24, 2.45) is 0 Å². The summed E-state index contributed by atoms with van der Waals surface area (Å²) in [4.78, 5) is 37.9. The number of esters is 3. The monoisotopic (exact) mass is 831 g/mol. The number of hydrogen-bond donors (Lipinski definition) is 0. The number of ether oxygens (including phenoxy) is 3. The molecule has 0 saturated heterocycles. The Bertz CT molecular complexity index is 958. The molecule has 0 saturated carbocycles. The lowest BCUT2D eigenvalue weighted by Gasteiger charge is -2.18. The summed E-state index contributed by atoms with van der Waals surface area (Å²) >= 11 is 0. The summed E-state index contributed by atoms with van der Waals surface area (Å²) in [6.45, 7) is 6.60. The van der Waals surface area contributed by atoms with Gasteiger partial charge in [-0.2, -0.15) is 0 Å². The summed E-state index contributed by atoms with van der Waals surface area (Å²) < 4.78 is 16.8. The van der Waals surface area contributed by atoms with Gasteiger partial charge >= 0.3 is 17.9 Å². The van der Waals surface area contributed by atoms with E-state index in [0.717, 1.165) is 64.2 Å². The first-order valence-corrected chi connectivity index (χ1v) is 25.8. The third-order valence-corrected chi connectivity index (χ3v) is 11.4. The van der Waals surface area contributed by atoms with E-state index in [2.05, 4.69) is 45.1 Å². The molecule has 1 atom stereocenters. The SMILES string of the molecule is CCCC/C=C\CCCCCCCC(=O)OC[C@@H](COC(=O)CCCCCCCCC/C=C\CCCCCC)OC(=O)CCCCCCCCCCCCCCCCC. The number of allylic oxidation sites excluding steroid dienone is 4. The van der Waals surface area contributed by atoms with Gasteiger partial charge in [0.2, 0.25) is 0 Å². The summed E-state index contributed by atoms with van der Waals surface area (Å²) in [5.74, 6) is -0.874. The number of carbonyl (C=O) groups excluding carboxylic acids is 3. The summed E-state index contributed by atoms with van der Waals surface area (Å²) in [5.41, 5.74) is 0. The van der Waals surface area contributed by atoms with Crippen LogP contribution in [0.15, 0.2) is 24.3 Å². The lowest BCUT2D eigenvalue weighted by molar-refractivity contribution is -0.167. The fourth-order valence-corrected chi connectivity index (χ4v) is 7.48. The van der Waals surface area contributed by atoms with Crippen LogP contribution >= 0.6 is 0 Å². The second kappa shape index (κ2) is 48.6. The van der Waals surface area contributed by atoms with Gasteiger partial charge in [-0.25, -0.2) is 0 Å². The second-order valence-electron chi connectivity index (χ2n) is 17.4. The van der Waals surface area contributed by atoms with Crippen molar-refractivity contribution in [2.75, 3.05) is 13.2 Å². The largest absolute Gasteiger partial charge is 0.462 e. The number of unbranched alkanes of at least 4 members (excludes halogenated alkanes) is 32. The van der Waals surface area contributed by atoms with Gasteiger partial charge in [0.1, 0.15) is 13.2 Å². The quantitative estimate of drug-likeness (QED) is 0.0263. The van der Waals surface area contributed by atoms with Crippen LogP contribution in [0.5, 0.6) is 0 Å². The van der Waals surface area contributed by atoms with E-state index in [1.165, 1.54) is 173 Å². The molecular weight excluding hydrogens is 733 g/mol. The van der Waals surface area contributed by atoms with Gasteiger partial charge in [-0.3, -0.25) is 14.4 Å². The van der Waals surface area contributed by atoms with Crippen LogP contribution in [-0.2, 0) is 28.6 Å². The van der Waals surface area contributed by atoms with Crippen LogP contribution in [0.1, 0.15) is 278 Å². The van der Waals surface area contributed by atoms with Crippen molar-refractivity contribution in [2.45, 2.75) is 284 Å². The van der Waals surface area contributed by atoms with E-state index < -0.39 is 6.10 Å². The van der Waals surface area contributed by atoms with Gasteiger partial charge in [0.25, 0.3) is 0 Å². The summed E-state index contributed by atoms with van der Waals surface area (Å²) in [6, 6.07) is 0. The summed E-state index contributed by atoms with van der Waals surface area (Å²) in [5, 5.41) is 0. The standard InChI is InChI=1S/C53H98O6/c1-4-7-10-13-16-19-22-24-26-28-31-34-37-40-43-46-52(55)58-49-50(48-57-51(54)45-42-39-36-33-30-21-18-15-12-9-6-3)59-53(56)47-44-41-38-35-32-29-27-25-23-20-17-14-11-8-5-2/h15,18-19,22,50H,4-14,16-17,20-21,23-49H2,1-3H3/b18-15-,22-19-/t50-/m0/s1. The molecule has 346 valence electrons. The predicted octanol–water partition coefficient (Wildman–Crippen LogP) is 16.8. The van der Waals surface area contributed by atoms with Crippen molar-refractivity contribution in [3.63, 3.8) is 0 Å². The molecule has 0 aromatic heterocycles. The van der Waals surface area contributed by atoms with E-state index >= 15 is 0 Å². The Morgan fingerprint density at radius 3 is 0.915 bits per heavy atom. The van der Waals surface area contributed by atoms with E-state index in [-0.39, 0.29) is 31.1 Å². The van der Waals surface area contributed by atoms with Crippen LogP contribution in [0.3, 0.4) is 0 Å². The molecule has 0 unspecified atom stereocenters. The molecule has 0 fully saturated rings. The molecule has 0 aliphatic carbocycles. The summed E-state index contributed by atoms with van der Waals surface area (Å²) in [6.07, 6.45) is 54.4. The minimum absolute atomic E-state index is 0.0726. The average Bonchev–Trinajstić information content (AvgIpc) is 3.23. The molecule has 0 N–H and O–H groups in total. The molecule has 6 nitrogen and oxygen atoms in total. The van der Waals surface area contributed by atoms with E-state index in [1.807, 2.05) is 0 Å². The molecule has 0 spiro atoms. The lowest BCUT2D eigenvalue weighted by Crippen LogP contribution is -2.30. The molecule has 0 aliphatic heterocycles. The maximum atomic E-state index is 12.8. The minimum Gasteiger partial charge on any atom is -0.462 e. The topological polar surface area (TPSA) is 78.9 Å². The zero-order valence-corrected chi connectivity index (χ0v) is 39.5. The Kier molecular flexibility index (Phi) is 46.8. The molecule has 0 aliphatic rings. The van der Waals surface area contributed by atoms with Crippen molar-refractivity contribution in [3.8, 4) is 0 Å². The van der Waals surface area contributed by atoms with Crippen LogP contribution in [0.2, 0.25) is 0 Å². The molecule has 6 heteroatoms. The maximum absolute atomic E-state index is 12.8. The first-order valence-electron chi connectivity index (χ1n) is 25.8. The Hall–Kier alpha value is -2.11. The van der Waals surface area contributed by atoms with Crippen LogP contribution in [0.25, 0.3) is 0 Å². The van der Waals surface area contributed by atoms with E-state index in [9.17, 15) is 14.4 Å². The highest BCUT2D eigenvalue weighted by Crippen LogP contribution is 2.16. The maximum Gasteiger partial charge on any atom is 0.306 e. The Morgan fingerprint density at radius 1 is 0.322 bits per heavy atom.